The predicted molar refractivity (Wildman–Crippen MR) is 107 cm³/mol. The first-order valence-corrected chi connectivity index (χ1v) is 9.62. The van der Waals surface area contributed by atoms with E-state index in [9.17, 15) is 10.1 Å². The molecule has 6 nitrogen and oxygen atoms in total. The zero-order valence-corrected chi connectivity index (χ0v) is 16.4. The monoisotopic (exact) mass is 393 g/mol. The molecule has 3 aromatic rings. The number of hydrogen-bond donors (Lipinski definition) is 1. The number of benzene rings is 2. The number of ether oxygens (including phenoxy) is 1. The summed E-state index contributed by atoms with van der Waals surface area (Å²) in [5, 5.41) is 18.9. The van der Waals surface area contributed by atoms with Crippen molar-refractivity contribution >= 4 is 17.5 Å². The standard InChI is InChI=1S/C21H19N3O3S/c1-3-27-18-8-6-15(11-16(18)12-22)21-23-20(24-28-21)17-7-4-14(10-13(17)2)5-9-19(25)26/h4,6-8,10-11H,3,5,9H2,1-2H3,(H,25,26). The Hall–Kier alpha value is -3.24. The molecule has 0 bridgehead atoms. The molecule has 0 atom stereocenters. The first-order valence-electron chi connectivity index (χ1n) is 8.84. The lowest BCUT2D eigenvalue weighted by atomic mass is 10.0. The van der Waals surface area contributed by atoms with Gasteiger partial charge in [-0.1, -0.05) is 18.2 Å². The van der Waals surface area contributed by atoms with Crippen LogP contribution in [0.15, 0.2) is 36.4 Å². The summed E-state index contributed by atoms with van der Waals surface area (Å²) in [6, 6.07) is 13.4. The van der Waals surface area contributed by atoms with E-state index < -0.39 is 5.97 Å². The molecule has 0 amide bonds. The molecule has 0 spiro atoms. The van der Waals surface area contributed by atoms with Gasteiger partial charge >= 0.3 is 5.97 Å². The predicted octanol–water partition coefficient (Wildman–Crippen LogP) is 4.47. The topological polar surface area (TPSA) is 96.1 Å². The minimum absolute atomic E-state index is 0.108. The van der Waals surface area contributed by atoms with Crippen LogP contribution in [0.3, 0.4) is 0 Å². The van der Waals surface area contributed by atoms with Crippen LogP contribution in [0.2, 0.25) is 0 Å². The number of hydrogen-bond acceptors (Lipinski definition) is 6. The fourth-order valence-corrected chi connectivity index (χ4v) is 3.54. The number of carboxylic acid groups (broad SMARTS) is 1. The van der Waals surface area contributed by atoms with E-state index in [1.807, 2.05) is 38.1 Å². The van der Waals surface area contributed by atoms with Gasteiger partial charge in [-0.3, -0.25) is 4.79 Å². The molecule has 142 valence electrons. The Morgan fingerprint density at radius 3 is 2.79 bits per heavy atom. The van der Waals surface area contributed by atoms with Crippen LogP contribution in [0.4, 0.5) is 0 Å². The molecule has 0 saturated heterocycles. The Balaban J connectivity index is 1.86. The summed E-state index contributed by atoms with van der Waals surface area (Å²) in [5.74, 6) is 0.376. The fourth-order valence-electron chi connectivity index (χ4n) is 2.87. The van der Waals surface area contributed by atoms with Crippen LogP contribution >= 0.6 is 11.5 Å². The molecular formula is C21H19N3O3S. The maximum atomic E-state index is 10.7. The maximum Gasteiger partial charge on any atom is 0.303 e. The summed E-state index contributed by atoms with van der Waals surface area (Å²) in [5.41, 5.74) is 4.17. The number of nitrogens with zero attached hydrogens (tertiary/aromatic N) is 3. The van der Waals surface area contributed by atoms with Crippen molar-refractivity contribution in [2.24, 2.45) is 0 Å². The normalized spacial score (nSPS) is 10.5. The Morgan fingerprint density at radius 2 is 2.11 bits per heavy atom. The number of aliphatic carboxylic acids is 1. The lowest BCUT2D eigenvalue weighted by molar-refractivity contribution is -0.136. The van der Waals surface area contributed by atoms with E-state index in [1.54, 1.807) is 12.1 Å². The van der Waals surface area contributed by atoms with Gasteiger partial charge in [-0.2, -0.15) is 9.64 Å². The molecule has 7 heteroatoms. The number of nitriles is 1. The van der Waals surface area contributed by atoms with Gasteiger partial charge < -0.3 is 9.84 Å². The van der Waals surface area contributed by atoms with Crippen LogP contribution < -0.4 is 4.74 Å². The SMILES string of the molecule is CCOc1ccc(-c2nc(-c3ccc(CCC(=O)O)cc3C)ns2)cc1C#N. The van der Waals surface area contributed by atoms with Gasteiger partial charge in [-0.25, -0.2) is 4.98 Å². The number of aromatic nitrogens is 2. The minimum Gasteiger partial charge on any atom is -0.492 e. The molecule has 0 aliphatic rings. The van der Waals surface area contributed by atoms with Gasteiger partial charge in [0.2, 0.25) is 0 Å². The van der Waals surface area contributed by atoms with E-state index in [0.29, 0.717) is 30.2 Å². The molecule has 0 radical (unpaired) electrons. The molecule has 0 unspecified atom stereocenters. The number of carboxylic acids is 1. The van der Waals surface area contributed by atoms with E-state index in [-0.39, 0.29) is 6.42 Å². The molecular weight excluding hydrogens is 374 g/mol. The van der Waals surface area contributed by atoms with E-state index in [2.05, 4.69) is 15.4 Å². The zero-order chi connectivity index (χ0) is 20.1. The quantitative estimate of drug-likeness (QED) is 0.636. The van der Waals surface area contributed by atoms with Gasteiger partial charge in [0.25, 0.3) is 0 Å². The van der Waals surface area contributed by atoms with Gasteiger partial charge in [0, 0.05) is 17.5 Å². The lowest BCUT2D eigenvalue weighted by Crippen LogP contribution is -1.98. The lowest BCUT2D eigenvalue weighted by Gasteiger charge is -2.06. The second-order valence-corrected chi connectivity index (χ2v) is 6.97. The highest BCUT2D eigenvalue weighted by atomic mass is 32.1. The van der Waals surface area contributed by atoms with Gasteiger partial charge in [0.15, 0.2) is 5.82 Å². The average Bonchev–Trinajstić information content (AvgIpc) is 3.16. The third kappa shape index (κ3) is 4.35. The fraction of sp³-hybridized carbons (Fsp3) is 0.238. The van der Waals surface area contributed by atoms with Gasteiger partial charge in [0.1, 0.15) is 16.8 Å². The Bertz CT molecular complexity index is 1050. The largest absolute Gasteiger partial charge is 0.492 e. The average molecular weight is 393 g/mol. The number of carbonyl (C=O) groups is 1. The van der Waals surface area contributed by atoms with Gasteiger partial charge in [-0.05, 0) is 61.1 Å². The first kappa shape index (κ1) is 19.5. The Kier molecular flexibility index (Phi) is 6.02. The van der Waals surface area contributed by atoms with E-state index in [1.165, 1.54) is 11.5 Å². The van der Waals surface area contributed by atoms with Gasteiger partial charge in [0.05, 0.1) is 12.2 Å². The number of rotatable bonds is 7. The van der Waals surface area contributed by atoms with Crippen molar-refractivity contribution in [1.82, 2.24) is 9.36 Å². The highest BCUT2D eigenvalue weighted by Crippen LogP contribution is 2.31. The minimum atomic E-state index is -0.806. The third-order valence-corrected chi connectivity index (χ3v) is 5.00. The summed E-state index contributed by atoms with van der Waals surface area (Å²) in [6.07, 6.45) is 0.603. The summed E-state index contributed by atoms with van der Waals surface area (Å²) < 4.78 is 9.93. The van der Waals surface area contributed by atoms with Gasteiger partial charge in [-0.15, -0.1) is 0 Å². The molecule has 0 aliphatic carbocycles. The van der Waals surface area contributed by atoms with Crippen LogP contribution in [0.25, 0.3) is 22.0 Å². The Labute approximate surface area is 167 Å². The molecule has 28 heavy (non-hydrogen) atoms. The van der Waals surface area contributed by atoms with Crippen molar-refractivity contribution in [3.63, 3.8) is 0 Å². The molecule has 0 saturated carbocycles. The van der Waals surface area contributed by atoms with E-state index in [0.717, 1.165) is 27.3 Å². The van der Waals surface area contributed by atoms with Crippen LogP contribution in [-0.4, -0.2) is 27.0 Å². The molecule has 1 aromatic heterocycles. The summed E-state index contributed by atoms with van der Waals surface area (Å²) >= 11 is 1.27. The van der Waals surface area contributed by atoms with E-state index >= 15 is 0 Å². The number of aryl methyl sites for hydroxylation is 2. The highest BCUT2D eigenvalue weighted by Gasteiger charge is 2.13. The van der Waals surface area contributed by atoms with E-state index in [4.69, 9.17) is 9.84 Å². The maximum absolute atomic E-state index is 10.7. The second-order valence-electron chi connectivity index (χ2n) is 6.22. The van der Waals surface area contributed by atoms with Crippen molar-refractivity contribution in [1.29, 1.82) is 5.26 Å². The Morgan fingerprint density at radius 1 is 1.29 bits per heavy atom. The molecule has 1 heterocycles. The molecule has 1 N–H and O–H groups in total. The first-order chi connectivity index (χ1) is 13.5. The smallest absolute Gasteiger partial charge is 0.303 e. The third-order valence-electron chi connectivity index (χ3n) is 4.23. The molecule has 2 aromatic carbocycles. The molecule has 0 fully saturated rings. The second kappa shape index (κ2) is 8.63. The summed E-state index contributed by atoms with van der Waals surface area (Å²) in [4.78, 5) is 15.4. The van der Waals surface area contributed by atoms with Crippen molar-refractivity contribution < 1.29 is 14.6 Å². The van der Waals surface area contributed by atoms with Crippen molar-refractivity contribution in [3.05, 3.63) is 53.1 Å². The van der Waals surface area contributed by atoms with Crippen molar-refractivity contribution in [2.75, 3.05) is 6.61 Å². The molecule has 3 rings (SSSR count). The molecule has 0 aliphatic heterocycles. The van der Waals surface area contributed by atoms with Crippen LogP contribution in [0, 0.1) is 18.3 Å². The van der Waals surface area contributed by atoms with Crippen molar-refractivity contribution in [3.8, 4) is 33.8 Å². The van der Waals surface area contributed by atoms with Crippen molar-refractivity contribution in [2.45, 2.75) is 26.7 Å². The summed E-state index contributed by atoms with van der Waals surface area (Å²) in [6.45, 7) is 4.34. The highest BCUT2D eigenvalue weighted by molar-refractivity contribution is 7.09. The van der Waals surface area contributed by atoms with Crippen LogP contribution in [0.1, 0.15) is 30.0 Å². The summed E-state index contributed by atoms with van der Waals surface area (Å²) in [7, 11) is 0. The zero-order valence-electron chi connectivity index (χ0n) is 15.6. The van der Waals surface area contributed by atoms with Crippen LogP contribution in [0.5, 0.6) is 5.75 Å². The van der Waals surface area contributed by atoms with Crippen LogP contribution in [-0.2, 0) is 11.2 Å².